The SMILES string of the molecule is Cc1nc(-c2ccc(Cl)cc2)sc1-c1nn(-c2ccccc2)cc1C#N. The largest absolute Gasteiger partial charge is 0.241 e. The van der Waals surface area contributed by atoms with E-state index in [0.717, 1.165) is 26.8 Å². The molecule has 26 heavy (non-hydrogen) atoms. The zero-order valence-electron chi connectivity index (χ0n) is 13.8. The molecule has 4 rings (SSSR count). The molecule has 0 bridgehead atoms. The van der Waals surface area contributed by atoms with Crippen molar-refractivity contribution >= 4 is 22.9 Å². The van der Waals surface area contributed by atoms with Gasteiger partial charge in [0.2, 0.25) is 0 Å². The number of para-hydroxylation sites is 1. The first kappa shape index (κ1) is 16.5. The van der Waals surface area contributed by atoms with E-state index in [2.05, 4.69) is 16.2 Å². The molecule has 0 N–H and O–H groups in total. The van der Waals surface area contributed by atoms with Crippen LogP contribution in [0.3, 0.4) is 0 Å². The van der Waals surface area contributed by atoms with Crippen LogP contribution in [0.15, 0.2) is 60.8 Å². The molecule has 2 heterocycles. The van der Waals surface area contributed by atoms with Crippen LogP contribution in [0.25, 0.3) is 26.8 Å². The van der Waals surface area contributed by atoms with Gasteiger partial charge < -0.3 is 0 Å². The maximum atomic E-state index is 9.55. The second-order valence-corrected chi connectivity index (χ2v) is 7.16. The lowest BCUT2D eigenvalue weighted by atomic mass is 10.2. The number of hydrogen-bond acceptors (Lipinski definition) is 4. The summed E-state index contributed by atoms with van der Waals surface area (Å²) in [7, 11) is 0. The van der Waals surface area contributed by atoms with Crippen molar-refractivity contribution in [2.24, 2.45) is 0 Å². The Morgan fingerprint density at radius 3 is 2.50 bits per heavy atom. The average molecular weight is 377 g/mol. The minimum Gasteiger partial charge on any atom is -0.241 e. The first-order chi connectivity index (χ1) is 12.7. The molecule has 6 heteroatoms. The minimum atomic E-state index is 0.531. The van der Waals surface area contributed by atoms with Gasteiger partial charge in [0, 0.05) is 16.8 Å². The molecule has 126 valence electrons. The van der Waals surface area contributed by atoms with E-state index in [-0.39, 0.29) is 0 Å². The van der Waals surface area contributed by atoms with E-state index in [1.165, 1.54) is 11.3 Å². The molecule has 2 aromatic heterocycles. The lowest BCUT2D eigenvalue weighted by Gasteiger charge is -1.99. The number of benzene rings is 2. The van der Waals surface area contributed by atoms with Crippen LogP contribution in [0, 0.1) is 18.3 Å². The molecule has 0 saturated heterocycles. The summed E-state index contributed by atoms with van der Waals surface area (Å²) in [5.74, 6) is 0. The smallest absolute Gasteiger partial charge is 0.124 e. The number of nitrogens with zero attached hydrogens (tertiary/aromatic N) is 4. The number of aryl methyl sites for hydroxylation is 1. The second kappa shape index (κ2) is 6.75. The van der Waals surface area contributed by atoms with Crippen LogP contribution in [0.5, 0.6) is 0 Å². The van der Waals surface area contributed by atoms with Crippen molar-refractivity contribution < 1.29 is 0 Å². The van der Waals surface area contributed by atoms with Crippen molar-refractivity contribution in [2.45, 2.75) is 6.92 Å². The molecule has 4 nitrogen and oxygen atoms in total. The van der Waals surface area contributed by atoms with Gasteiger partial charge in [0.05, 0.1) is 21.8 Å². The van der Waals surface area contributed by atoms with E-state index in [4.69, 9.17) is 11.6 Å². The van der Waals surface area contributed by atoms with Crippen LogP contribution in [-0.2, 0) is 0 Å². The zero-order valence-corrected chi connectivity index (χ0v) is 15.4. The molecule has 0 amide bonds. The second-order valence-electron chi connectivity index (χ2n) is 5.72. The van der Waals surface area contributed by atoms with Gasteiger partial charge in [-0.2, -0.15) is 10.4 Å². The van der Waals surface area contributed by atoms with Crippen molar-refractivity contribution in [1.82, 2.24) is 14.8 Å². The average Bonchev–Trinajstić information content (AvgIpc) is 3.26. The molecule has 0 spiro atoms. The van der Waals surface area contributed by atoms with Gasteiger partial charge in [-0.15, -0.1) is 11.3 Å². The molecular formula is C20H13ClN4S. The fraction of sp³-hybridized carbons (Fsp3) is 0.0500. The van der Waals surface area contributed by atoms with Gasteiger partial charge in [-0.3, -0.25) is 0 Å². The van der Waals surface area contributed by atoms with Crippen molar-refractivity contribution in [3.8, 4) is 32.9 Å². The number of aromatic nitrogens is 3. The Bertz CT molecular complexity index is 1110. The Kier molecular flexibility index (Phi) is 4.29. The first-order valence-corrected chi connectivity index (χ1v) is 9.14. The fourth-order valence-corrected chi connectivity index (χ4v) is 3.87. The van der Waals surface area contributed by atoms with E-state index in [0.29, 0.717) is 16.3 Å². The van der Waals surface area contributed by atoms with Gasteiger partial charge >= 0.3 is 0 Å². The Morgan fingerprint density at radius 1 is 1.08 bits per heavy atom. The summed E-state index contributed by atoms with van der Waals surface area (Å²) in [5, 5.41) is 15.8. The molecule has 0 saturated carbocycles. The van der Waals surface area contributed by atoms with Crippen LogP contribution in [0.4, 0.5) is 0 Å². The van der Waals surface area contributed by atoms with E-state index in [9.17, 15) is 5.26 Å². The van der Waals surface area contributed by atoms with Crippen LogP contribution in [0.2, 0.25) is 5.02 Å². The van der Waals surface area contributed by atoms with E-state index < -0.39 is 0 Å². The molecule has 0 fully saturated rings. The number of hydrogen-bond donors (Lipinski definition) is 0. The standard InChI is InChI=1S/C20H13ClN4S/c1-13-19(26-20(23-13)14-7-9-16(21)10-8-14)18-15(11-22)12-25(24-18)17-5-3-2-4-6-17/h2-10,12H,1H3. The lowest BCUT2D eigenvalue weighted by molar-refractivity contribution is 0.884. The van der Waals surface area contributed by atoms with Crippen LogP contribution in [-0.4, -0.2) is 14.8 Å². The molecule has 2 aromatic carbocycles. The third-order valence-electron chi connectivity index (χ3n) is 3.96. The van der Waals surface area contributed by atoms with E-state index >= 15 is 0 Å². The predicted molar refractivity (Wildman–Crippen MR) is 105 cm³/mol. The number of nitriles is 1. The quantitative estimate of drug-likeness (QED) is 0.474. The molecule has 0 aliphatic rings. The summed E-state index contributed by atoms with van der Waals surface area (Å²) in [6, 6.07) is 19.6. The zero-order chi connectivity index (χ0) is 18.1. The van der Waals surface area contributed by atoms with Crippen LogP contribution in [0.1, 0.15) is 11.3 Å². The highest BCUT2D eigenvalue weighted by atomic mass is 35.5. The summed E-state index contributed by atoms with van der Waals surface area (Å²) in [6.07, 6.45) is 1.76. The number of thiazole rings is 1. The monoisotopic (exact) mass is 376 g/mol. The Labute approximate surface area is 159 Å². The topological polar surface area (TPSA) is 54.5 Å². The summed E-state index contributed by atoms with van der Waals surface area (Å²) < 4.78 is 1.73. The van der Waals surface area contributed by atoms with Gasteiger partial charge in [0.1, 0.15) is 16.8 Å². The number of halogens is 1. The third kappa shape index (κ3) is 3.01. The fourth-order valence-electron chi connectivity index (χ4n) is 2.67. The Morgan fingerprint density at radius 2 is 1.81 bits per heavy atom. The Hall–Kier alpha value is -2.94. The van der Waals surface area contributed by atoms with Gasteiger partial charge in [0.25, 0.3) is 0 Å². The van der Waals surface area contributed by atoms with E-state index in [1.807, 2.05) is 61.5 Å². The van der Waals surface area contributed by atoms with Gasteiger partial charge in [-0.25, -0.2) is 9.67 Å². The highest BCUT2D eigenvalue weighted by Crippen LogP contribution is 2.36. The van der Waals surface area contributed by atoms with Gasteiger partial charge in [-0.1, -0.05) is 41.9 Å². The molecule has 4 aromatic rings. The van der Waals surface area contributed by atoms with Crippen LogP contribution < -0.4 is 0 Å². The number of rotatable bonds is 3. The first-order valence-electron chi connectivity index (χ1n) is 7.94. The lowest BCUT2D eigenvalue weighted by Crippen LogP contribution is -1.93. The maximum Gasteiger partial charge on any atom is 0.124 e. The molecule has 0 atom stereocenters. The van der Waals surface area contributed by atoms with Gasteiger partial charge in [0.15, 0.2) is 0 Å². The van der Waals surface area contributed by atoms with E-state index in [1.54, 1.807) is 10.9 Å². The summed E-state index contributed by atoms with van der Waals surface area (Å²) in [4.78, 5) is 5.56. The maximum absolute atomic E-state index is 9.55. The van der Waals surface area contributed by atoms with Gasteiger partial charge in [-0.05, 0) is 31.2 Å². The normalized spacial score (nSPS) is 10.7. The molecular weight excluding hydrogens is 364 g/mol. The summed E-state index contributed by atoms with van der Waals surface area (Å²) >= 11 is 7.49. The van der Waals surface area contributed by atoms with Crippen molar-refractivity contribution in [1.29, 1.82) is 5.26 Å². The van der Waals surface area contributed by atoms with Crippen molar-refractivity contribution in [3.05, 3.63) is 77.1 Å². The predicted octanol–water partition coefficient (Wildman–Crippen LogP) is 5.50. The third-order valence-corrected chi connectivity index (χ3v) is 5.42. The minimum absolute atomic E-state index is 0.531. The highest BCUT2D eigenvalue weighted by Gasteiger charge is 2.18. The Balaban J connectivity index is 1.80. The summed E-state index contributed by atoms with van der Waals surface area (Å²) in [6.45, 7) is 1.94. The molecule has 0 aliphatic heterocycles. The van der Waals surface area contributed by atoms with Crippen molar-refractivity contribution in [2.75, 3.05) is 0 Å². The molecule has 0 aliphatic carbocycles. The summed E-state index contributed by atoms with van der Waals surface area (Å²) in [5.41, 5.74) is 3.95. The highest BCUT2D eigenvalue weighted by molar-refractivity contribution is 7.18. The van der Waals surface area contributed by atoms with Crippen molar-refractivity contribution in [3.63, 3.8) is 0 Å². The molecule has 0 radical (unpaired) electrons. The molecule has 0 unspecified atom stereocenters. The van der Waals surface area contributed by atoms with Crippen LogP contribution >= 0.6 is 22.9 Å².